The Morgan fingerprint density at radius 3 is 2.75 bits per heavy atom. The van der Waals surface area contributed by atoms with Crippen LogP contribution in [0.5, 0.6) is 0 Å². The molecule has 8 heteroatoms. The molecule has 0 aromatic carbocycles. The summed E-state index contributed by atoms with van der Waals surface area (Å²) in [6.45, 7) is 1.94. The summed E-state index contributed by atoms with van der Waals surface area (Å²) in [5.74, 6) is -0.983. The number of hydrogen-bond donors (Lipinski definition) is 2. The van der Waals surface area contributed by atoms with Gasteiger partial charge in [0.05, 0.1) is 17.9 Å². The van der Waals surface area contributed by atoms with E-state index in [9.17, 15) is 9.59 Å². The molecular weight excluding hydrogens is 262 g/mol. The second-order valence-electron chi connectivity index (χ2n) is 3.83. The molecule has 104 valence electrons. The van der Waals surface area contributed by atoms with Crippen molar-refractivity contribution in [2.45, 2.75) is 6.92 Å². The lowest BCUT2D eigenvalue weighted by atomic mass is 10.2. The number of nitrogens with zero attached hydrogens (tertiary/aromatic N) is 3. The number of pyridine rings is 1. The van der Waals surface area contributed by atoms with Crippen LogP contribution in [0.1, 0.15) is 27.8 Å². The highest BCUT2D eigenvalue weighted by atomic mass is 16.5. The van der Waals surface area contributed by atoms with Gasteiger partial charge in [0.1, 0.15) is 5.69 Å². The van der Waals surface area contributed by atoms with Gasteiger partial charge in [-0.3, -0.25) is 4.79 Å². The van der Waals surface area contributed by atoms with Crippen molar-refractivity contribution in [2.24, 2.45) is 5.73 Å². The number of nitrogens with two attached hydrogens (primary N) is 2. The van der Waals surface area contributed by atoms with E-state index in [1.165, 1.54) is 29.2 Å². The number of anilines is 1. The number of hydrogen-bond acceptors (Lipinski definition) is 6. The van der Waals surface area contributed by atoms with Gasteiger partial charge in [-0.25, -0.2) is 14.5 Å². The van der Waals surface area contributed by atoms with E-state index in [1.54, 1.807) is 6.92 Å². The Morgan fingerprint density at radius 1 is 1.40 bits per heavy atom. The maximum atomic E-state index is 11.7. The minimum atomic E-state index is -0.663. The Balaban J connectivity index is 2.44. The highest BCUT2D eigenvalue weighted by Crippen LogP contribution is 2.19. The molecule has 2 rings (SSSR count). The number of carbonyl (C=O) groups excluding carboxylic acids is 2. The molecule has 2 heterocycles. The molecule has 0 saturated carbocycles. The van der Waals surface area contributed by atoms with E-state index in [1.807, 2.05) is 0 Å². The van der Waals surface area contributed by atoms with E-state index in [4.69, 9.17) is 16.2 Å². The van der Waals surface area contributed by atoms with Crippen LogP contribution in [0.3, 0.4) is 0 Å². The van der Waals surface area contributed by atoms with E-state index in [0.717, 1.165) is 0 Å². The van der Waals surface area contributed by atoms with Crippen molar-refractivity contribution in [3.8, 4) is 5.82 Å². The molecular formula is C12H13N5O3. The lowest BCUT2D eigenvalue weighted by Gasteiger charge is -2.09. The van der Waals surface area contributed by atoms with Gasteiger partial charge in [0, 0.05) is 12.4 Å². The van der Waals surface area contributed by atoms with Crippen molar-refractivity contribution in [3.63, 3.8) is 0 Å². The van der Waals surface area contributed by atoms with E-state index < -0.39 is 11.9 Å². The first-order chi connectivity index (χ1) is 9.54. The monoisotopic (exact) mass is 275 g/mol. The number of amides is 1. The van der Waals surface area contributed by atoms with Crippen LogP contribution in [0.15, 0.2) is 24.5 Å². The van der Waals surface area contributed by atoms with Gasteiger partial charge < -0.3 is 16.2 Å². The van der Waals surface area contributed by atoms with Crippen molar-refractivity contribution in [1.82, 2.24) is 14.8 Å². The summed E-state index contributed by atoms with van der Waals surface area (Å²) < 4.78 is 6.17. The standard InChI is InChI=1S/C12H13N5O3/c1-2-20-12(19)7-3-5-15-11(9(7)13)17-6-4-8(16-17)10(14)18/h3-6H,2,13H2,1H3,(H2,14,18). The van der Waals surface area contributed by atoms with Gasteiger partial charge >= 0.3 is 5.97 Å². The number of esters is 1. The van der Waals surface area contributed by atoms with Crippen LogP contribution in [0.2, 0.25) is 0 Å². The summed E-state index contributed by atoms with van der Waals surface area (Å²) in [6.07, 6.45) is 2.89. The first kappa shape index (κ1) is 13.5. The molecule has 4 N–H and O–H groups in total. The summed E-state index contributed by atoms with van der Waals surface area (Å²) in [6, 6.07) is 2.88. The molecule has 0 aliphatic heterocycles. The zero-order valence-corrected chi connectivity index (χ0v) is 10.7. The maximum Gasteiger partial charge on any atom is 0.340 e. The van der Waals surface area contributed by atoms with Gasteiger partial charge in [0.15, 0.2) is 5.82 Å². The minimum Gasteiger partial charge on any atom is -0.462 e. The fourth-order valence-corrected chi connectivity index (χ4v) is 1.60. The highest BCUT2D eigenvalue weighted by Gasteiger charge is 2.16. The summed E-state index contributed by atoms with van der Waals surface area (Å²) in [7, 11) is 0. The molecule has 0 unspecified atom stereocenters. The first-order valence-electron chi connectivity index (χ1n) is 5.82. The van der Waals surface area contributed by atoms with Gasteiger partial charge in [-0.05, 0) is 19.1 Å². The van der Waals surface area contributed by atoms with E-state index in [0.29, 0.717) is 0 Å². The van der Waals surface area contributed by atoms with Crippen LogP contribution >= 0.6 is 0 Å². The fourth-order valence-electron chi connectivity index (χ4n) is 1.60. The molecule has 0 spiro atoms. The summed E-state index contributed by atoms with van der Waals surface area (Å²) in [4.78, 5) is 26.8. The molecule has 0 aliphatic carbocycles. The number of carbonyl (C=O) groups is 2. The molecule has 0 saturated heterocycles. The molecule has 2 aromatic heterocycles. The van der Waals surface area contributed by atoms with Gasteiger partial charge in [0.25, 0.3) is 5.91 Å². The van der Waals surface area contributed by atoms with Crippen LogP contribution in [0, 0.1) is 0 Å². The number of aromatic nitrogens is 3. The quantitative estimate of drug-likeness (QED) is 0.763. The zero-order chi connectivity index (χ0) is 14.7. The van der Waals surface area contributed by atoms with Crippen LogP contribution < -0.4 is 11.5 Å². The number of rotatable bonds is 4. The van der Waals surface area contributed by atoms with E-state index in [2.05, 4.69) is 10.1 Å². The van der Waals surface area contributed by atoms with Crippen LogP contribution in [-0.2, 0) is 4.74 Å². The van der Waals surface area contributed by atoms with Gasteiger partial charge in [-0.1, -0.05) is 0 Å². The third-order valence-corrected chi connectivity index (χ3v) is 2.52. The molecule has 0 bridgehead atoms. The third-order valence-electron chi connectivity index (χ3n) is 2.52. The average Bonchev–Trinajstić information content (AvgIpc) is 2.88. The van der Waals surface area contributed by atoms with E-state index >= 15 is 0 Å². The Morgan fingerprint density at radius 2 is 2.15 bits per heavy atom. The Bertz CT molecular complexity index is 665. The molecule has 2 aromatic rings. The predicted octanol–water partition coefficient (Wildman–Crippen LogP) is 0.125. The summed E-state index contributed by atoms with van der Waals surface area (Å²) in [5, 5.41) is 3.93. The average molecular weight is 275 g/mol. The maximum absolute atomic E-state index is 11.7. The molecule has 8 nitrogen and oxygen atoms in total. The summed E-state index contributed by atoms with van der Waals surface area (Å²) >= 11 is 0. The van der Waals surface area contributed by atoms with Gasteiger partial charge in [-0.15, -0.1) is 0 Å². The third kappa shape index (κ3) is 2.44. The lowest BCUT2D eigenvalue weighted by molar-refractivity contribution is 0.0527. The Labute approximate surface area is 114 Å². The van der Waals surface area contributed by atoms with Crippen molar-refractivity contribution in [2.75, 3.05) is 12.3 Å². The number of primary amides is 1. The molecule has 20 heavy (non-hydrogen) atoms. The van der Waals surface area contributed by atoms with Crippen molar-refractivity contribution < 1.29 is 14.3 Å². The normalized spacial score (nSPS) is 10.2. The van der Waals surface area contributed by atoms with Crippen LogP contribution in [0.25, 0.3) is 5.82 Å². The van der Waals surface area contributed by atoms with Crippen molar-refractivity contribution in [1.29, 1.82) is 0 Å². The minimum absolute atomic E-state index is 0.0766. The highest BCUT2D eigenvalue weighted by molar-refractivity contribution is 5.96. The SMILES string of the molecule is CCOC(=O)c1ccnc(-n2ccc(C(N)=O)n2)c1N. The van der Waals surface area contributed by atoms with Gasteiger partial charge in [0.2, 0.25) is 0 Å². The fraction of sp³-hybridized carbons (Fsp3) is 0.167. The number of nitrogen functional groups attached to an aromatic ring is 1. The van der Waals surface area contributed by atoms with Crippen LogP contribution in [-0.4, -0.2) is 33.2 Å². The smallest absolute Gasteiger partial charge is 0.340 e. The number of ether oxygens (including phenoxy) is 1. The zero-order valence-electron chi connectivity index (χ0n) is 10.7. The van der Waals surface area contributed by atoms with Crippen LogP contribution in [0.4, 0.5) is 5.69 Å². The molecule has 0 radical (unpaired) electrons. The second kappa shape index (κ2) is 5.39. The van der Waals surface area contributed by atoms with Crippen molar-refractivity contribution >= 4 is 17.6 Å². The van der Waals surface area contributed by atoms with E-state index in [-0.39, 0.29) is 29.4 Å². The molecule has 0 fully saturated rings. The predicted molar refractivity (Wildman–Crippen MR) is 70.2 cm³/mol. The van der Waals surface area contributed by atoms with Crippen molar-refractivity contribution in [3.05, 3.63) is 35.8 Å². The van der Waals surface area contributed by atoms with Gasteiger partial charge in [-0.2, -0.15) is 5.10 Å². The largest absolute Gasteiger partial charge is 0.462 e. The Hall–Kier alpha value is -2.90. The molecule has 0 aliphatic rings. The lowest BCUT2D eigenvalue weighted by Crippen LogP contribution is -2.14. The topological polar surface area (TPSA) is 126 Å². The summed E-state index contributed by atoms with van der Waals surface area (Å²) in [5.41, 5.74) is 11.4. The molecule has 0 atom stereocenters. The molecule has 1 amide bonds. The second-order valence-corrected chi connectivity index (χ2v) is 3.83. The Kier molecular flexibility index (Phi) is 3.65. The first-order valence-corrected chi connectivity index (χ1v) is 5.82.